The van der Waals surface area contributed by atoms with E-state index in [0.29, 0.717) is 25.0 Å². The van der Waals surface area contributed by atoms with E-state index in [0.717, 1.165) is 23.8 Å². The lowest BCUT2D eigenvalue weighted by molar-refractivity contribution is 0.372. The van der Waals surface area contributed by atoms with Crippen molar-refractivity contribution in [3.05, 3.63) is 29.7 Å². The fraction of sp³-hybridized carbons (Fsp3) is 0.571. The van der Waals surface area contributed by atoms with Crippen LogP contribution in [0.5, 0.6) is 0 Å². The molecule has 0 unspecified atom stereocenters. The Bertz CT molecular complexity index is 620. The van der Waals surface area contributed by atoms with E-state index in [9.17, 15) is 0 Å². The Labute approximate surface area is 153 Å². The minimum atomic E-state index is 0. The van der Waals surface area contributed by atoms with Crippen LogP contribution in [-0.2, 0) is 20.1 Å². The average Bonchev–Trinajstić information content (AvgIpc) is 3.11. The van der Waals surface area contributed by atoms with Crippen LogP contribution in [0.4, 0.5) is 0 Å². The molecule has 0 bridgehead atoms. The first-order valence-corrected chi connectivity index (χ1v) is 7.40. The lowest BCUT2D eigenvalue weighted by Gasteiger charge is -2.09. The zero-order chi connectivity index (χ0) is 15.9. The van der Waals surface area contributed by atoms with Gasteiger partial charge in [0.2, 0.25) is 0 Å². The second-order valence-electron chi connectivity index (χ2n) is 5.28. The van der Waals surface area contributed by atoms with Crippen molar-refractivity contribution in [2.24, 2.45) is 12.0 Å². The largest absolute Gasteiger partial charge is 0.359 e. The summed E-state index contributed by atoms with van der Waals surface area (Å²) in [4.78, 5) is 4.48. The predicted octanol–water partition coefficient (Wildman–Crippen LogP) is 1.80. The first kappa shape index (κ1) is 19.4. The van der Waals surface area contributed by atoms with Crippen molar-refractivity contribution in [1.82, 2.24) is 30.6 Å². The van der Waals surface area contributed by atoms with Crippen LogP contribution in [0.2, 0.25) is 0 Å². The van der Waals surface area contributed by atoms with Gasteiger partial charge in [0.05, 0.1) is 12.2 Å². The van der Waals surface area contributed by atoms with Gasteiger partial charge in [-0.25, -0.2) is 4.99 Å². The Kier molecular flexibility index (Phi) is 8.00. The minimum absolute atomic E-state index is 0. The molecule has 0 radical (unpaired) electrons. The van der Waals surface area contributed by atoms with Crippen LogP contribution >= 0.6 is 24.0 Å². The van der Waals surface area contributed by atoms with Gasteiger partial charge in [-0.15, -0.1) is 34.2 Å². The standard InChI is InChI=1S/C14H23N7O.HI/c1-5-15-14(17-8-13-19-18-9-21(13)4)16-7-11-6-12(10(2)3)20-22-11;/h6,9-10H,5,7-8H2,1-4H3,(H2,15,16,17);1H. The van der Waals surface area contributed by atoms with Gasteiger partial charge in [-0.3, -0.25) is 0 Å². The average molecular weight is 433 g/mol. The molecule has 0 amide bonds. The molecule has 23 heavy (non-hydrogen) atoms. The van der Waals surface area contributed by atoms with Crippen LogP contribution in [0.15, 0.2) is 21.9 Å². The maximum absolute atomic E-state index is 5.30. The highest BCUT2D eigenvalue weighted by atomic mass is 127. The molecule has 8 nitrogen and oxygen atoms in total. The fourth-order valence-corrected chi connectivity index (χ4v) is 1.80. The Morgan fingerprint density at radius 3 is 2.74 bits per heavy atom. The molecular weight excluding hydrogens is 409 g/mol. The van der Waals surface area contributed by atoms with Gasteiger partial charge < -0.3 is 19.7 Å². The number of aryl methyl sites for hydroxylation is 1. The quantitative estimate of drug-likeness (QED) is 0.410. The third-order valence-electron chi connectivity index (χ3n) is 3.13. The molecule has 0 aromatic carbocycles. The number of aliphatic imine (C=N–C) groups is 1. The Hall–Kier alpha value is -1.65. The van der Waals surface area contributed by atoms with Gasteiger partial charge in [-0.2, -0.15) is 0 Å². The van der Waals surface area contributed by atoms with Gasteiger partial charge in [0.1, 0.15) is 12.9 Å². The summed E-state index contributed by atoms with van der Waals surface area (Å²) in [6, 6.07) is 1.96. The zero-order valence-electron chi connectivity index (χ0n) is 13.9. The summed E-state index contributed by atoms with van der Waals surface area (Å²) in [5, 5.41) is 18.3. The van der Waals surface area contributed by atoms with Crippen molar-refractivity contribution in [2.45, 2.75) is 39.8 Å². The number of guanidine groups is 1. The third kappa shape index (κ3) is 5.81. The summed E-state index contributed by atoms with van der Waals surface area (Å²) in [6.07, 6.45) is 1.66. The molecule has 2 aromatic heterocycles. The second kappa shape index (κ2) is 9.48. The van der Waals surface area contributed by atoms with Gasteiger partial charge in [0, 0.05) is 19.7 Å². The van der Waals surface area contributed by atoms with Gasteiger partial charge in [0.25, 0.3) is 0 Å². The molecular formula is C14H24IN7O. The predicted molar refractivity (Wildman–Crippen MR) is 98.7 cm³/mol. The maximum atomic E-state index is 5.30. The molecule has 0 spiro atoms. The molecule has 0 saturated carbocycles. The van der Waals surface area contributed by atoms with Gasteiger partial charge in [-0.1, -0.05) is 19.0 Å². The normalized spacial score (nSPS) is 11.4. The first-order valence-electron chi connectivity index (χ1n) is 7.40. The fourth-order valence-electron chi connectivity index (χ4n) is 1.80. The molecule has 128 valence electrons. The Morgan fingerprint density at radius 2 is 2.17 bits per heavy atom. The van der Waals surface area contributed by atoms with Crippen molar-refractivity contribution in [2.75, 3.05) is 6.54 Å². The van der Waals surface area contributed by atoms with Crippen molar-refractivity contribution < 1.29 is 4.52 Å². The molecule has 0 aliphatic heterocycles. The molecule has 2 rings (SSSR count). The summed E-state index contributed by atoms with van der Waals surface area (Å²) in [7, 11) is 1.90. The van der Waals surface area contributed by atoms with E-state index >= 15 is 0 Å². The van der Waals surface area contributed by atoms with Gasteiger partial charge >= 0.3 is 0 Å². The summed E-state index contributed by atoms with van der Waals surface area (Å²) < 4.78 is 7.15. The zero-order valence-corrected chi connectivity index (χ0v) is 16.2. The number of halogens is 1. The summed E-state index contributed by atoms with van der Waals surface area (Å²) in [5.41, 5.74) is 0.956. The van der Waals surface area contributed by atoms with Gasteiger partial charge in [-0.05, 0) is 12.8 Å². The molecule has 9 heteroatoms. The topological polar surface area (TPSA) is 93.2 Å². The number of nitrogens with one attached hydrogen (secondary N) is 2. The summed E-state index contributed by atoms with van der Waals surface area (Å²) in [6.45, 7) is 7.95. The van der Waals surface area contributed by atoms with E-state index in [2.05, 4.69) is 44.8 Å². The van der Waals surface area contributed by atoms with E-state index in [1.807, 2.05) is 24.6 Å². The van der Waals surface area contributed by atoms with Crippen LogP contribution in [0, 0.1) is 0 Å². The van der Waals surface area contributed by atoms with Crippen molar-refractivity contribution in [1.29, 1.82) is 0 Å². The highest BCUT2D eigenvalue weighted by Gasteiger charge is 2.08. The number of aromatic nitrogens is 4. The Balaban J connectivity index is 0.00000264. The molecule has 0 aliphatic rings. The van der Waals surface area contributed by atoms with Crippen LogP contribution in [0.1, 0.15) is 44.0 Å². The lowest BCUT2D eigenvalue weighted by Crippen LogP contribution is -2.36. The van der Waals surface area contributed by atoms with Crippen molar-refractivity contribution in [3.8, 4) is 0 Å². The van der Waals surface area contributed by atoms with E-state index in [4.69, 9.17) is 4.52 Å². The number of hydrogen-bond donors (Lipinski definition) is 2. The van der Waals surface area contributed by atoms with E-state index in [1.165, 1.54) is 0 Å². The number of nitrogens with zero attached hydrogens (tertiary/aromatic N) is 5. The molecule has 0 saturated heterocycles. The van der Waals surface area contributed by atoms with Crippen molar-refractivity contribution >= 4 is 29.9 Å². The summed E-state index contributed by atoms with van der Waals surface area (Å²) >= 11 is 0. The van der Waals surface area contributed by atoms with Crippen LogP contribution in [0.25, 0.3) is 0 Å². The highest BCUT2D eigenvalue weighted by molar-refractivity contribution is 14.0. The molecule has 0 aliphatic carbocycles. The van der Waals surface area contributed by atoms with Crippen LogP contribution in [0.3, 0.4) is 0 Å². The second-order valence-corrected chi connectivity index (χ2v) is 5.28. The smallest absolute Gasteiger partial charge is 0.192 e. The highest BCUT2D eigenvalue weighted by Crippen LogP contribution is 2.13. The molecule has 0 atom stereocenters. The number of hydrogen-bond acceptors (Lipinski definition) is 5. The molecule has 2 aromatic rings. The maximum Gasteiger partial charge on any atom is 0.192 e. The third-order valence-corrected chi connectivity index (χ3v) is 3.13. The summed E-state index contributed by atoms with van der Waals surface area (Å²) in [5.74, 6) is 2.65. The Morgan fingerprint density at radius 1 is 1.39 bits per heavy atom. The van der Waals surface area contributed by atoms with E-state index in [1.54, 1.807) is 6.33 Å². The molecule has 2 N–H and O–H groups in total. The van der Waals surface area contributed by atoms with Gasteiger partial charge in [0.15, 0.2) is 17.5 Å². The van der Waals surface area contributed by atoms with Crippen molar-refractivity contribution in [3.63, 3.8) is 0 Å². The van der Waals surface area contributed by atoms with Crippen LogP contribution < -0.4 is 10.6 Å². The monoisotopic (exact) mass is 433 g/mol. The first-order chi connectivity index (χ1) is 10.6. The number of rotatable bonds is 6. The van der Waals surface area contributed by atoms with E-state index < -0.39 is 0 Å². The van der Waals surface area contributed by atoms with Crippen LogP contribution in [-0.4, -0.2) is 32.4 Å². The molecule has 0 fully saturated rings. The van der Waals surface area contributed by atoms with E-state index in [-0.39, 0.29) is 24.0 Å². The lowest BCUT2D eigenvalue weighted by atomic mass is 10.1. The minimum Gasteiger partial charge on any atom is -0.359 e. The SMILES string of the molecule is CCNC(=NCc1nncn1C)NCc1cc(C(C)C)no1.I. The molecule has 2 heterocycles.